The Morgan fingerprint density at radius 3 is 2.52 bits per heavy atom. The van der Waals surface area contributed by atoms with Crippen LogP contribution in [0.15, 0.2) is 36.8 Å². The Morgan fingerprint density at radius 1 is 1.07 bits per heavy atom. The number of aromatic nitrogens is 3. The molecule has 0 aliphatic carbocycles. The lowest BCUT2D eigenvalue weighted by atomic mass is 10.1. The summed E-state index contributed by atoms with van der Waals surface area (Å²) in [4.78, 5) is 10.6. The number of halogens is 4. The van der Waals surface area contributed by atoms with Crippen molar-refractivity contribution in [2.45, 2.75) is 25.1 Å². The van der Waals surface area contributed by atoms with Gasteiger partial charge in [-0.05, 0) is 31.0 Å². The van der Waals surface area contributed by atoms with Crippen LogP contribution in [0.5, 0.6) is 0 Å². The molecule has 1 aliphatic heterocycles. The van der Waals surface area contributed by atoms with E-state index in [4.69, 9.17) is 0 Å². The van der Waals surface area contributed by atoms with Crippen LogP contribution in [-0.2, 0) is 6.18 Å². The summed E-state index contributed by atoms with van der Waals surface area (Å²) in [5, 5.41) is 9.66. The molecule has 0 radical (unpaired) electrons. The Morgan fingerprint density at radius 2 is 1.81 bits per heavy atom. The predicted molar refractivity (Wildman–Crippen MR) is 90.8 cm³/mol. The van der Waals surface area contributed by atoms with Crippen LogP contribution >= 0.6 is 0 Å². The van der Waals surface area contributed by atoms with E-state index in [2.05, 4.69) is 9.97 Å². The minimum atomic E-state index is -4.64. The normalized spacial score (nSPS) is 16.3. The van der Waals surface area contributed by atoms with Gasteiger partial charge in [-0.2, -0.15) is 13.2 Å². The van der Waals surface area contributed by atoms with Gasteiger partial charge in [0.1, 0.15) is 5.82 Å². The molecule has 3 aromatic rings. The fourth-order valence-electron chi connectivity index (χ4n) is 3.32. The van der Waals surface area contributed by atoms with Crippen LogP contribution in [0, 0.1) is 5.82 Å². The second-order valence-electron chi connectivity index (χ2n) is 6.53. The van der Waals surface area contributed by atoms with Crippen LogP contribution in [0.1, 0.15) is 18.4 Å². The zero-order chi connectivity index (χ0) is 19.2. The first kappa shape index (κ1) is 17.7. The van der Waals surface area contributed by atoms with Crippen molar-refractivity contribution in [2.75, 3.05) is 18.0 Å². The van der Waals surface area contributed by atoms with Gasteiger partial charge in [-0.15, -0.1) is 0 Å². The Kier molecular flexibility index (Phi) is 4.26. The fourth-order valence-corrected chi connectivity index (χ4v) is 3.32. The molecule has 0 spiro atoms. The highest BCUT2D eigenvalue weighted by molar-refractivity contribution is 5.71. The van der Waals surface area contributed by atoms with E-state index in [-0.39, 0.29) is 11.7 Å². The van der Waals surface area contributed by atoms with Crippen molar-refractivity contribution in [1.82, 2.24) is 14.4 Å². The maximum atomic E-state index is 13.8. The number of alkyl halides is 3. The van der Waals surface area contributed by atoms with Crippen LogP contribution in [0.3, 0.4) is 0 Å². The first-order valence-electron chi connectivity index (χ1n) is 8.46. The van der Waals surface area contributed by atoms with Crippen molar-refractivity contribution in [1.29, 1.82) is 0 Å². The minimum Gasteiger partial charge on any atom is -0.393 e. The number of imidazole rings is 1. The van der Waals surface area contributed by atoms with Gasteiger partial charge in [-0.1, -0.05) is 0 Å². The number of fused-ring (bicyclic) bond motifs is 1. The molecule has 1 aliphatic rings. The number of aliphatic hydroxyl groups excluding tert-OH is 1. The predicted octanol–water partition coefficient (Wildman–Crippen LogP) is 3.52. The molecule has 2 aromatic heterocycles. The number of rotatable bonds is 2. The SMILES string of the molecule is OC1CCN(c2nccn3c(-c4cc(F)cc(C(F)(F)F)c4)cnc23)CC1. The molecule has 27 heavy (non-hydrogen) atoms. The van der Waals surface area contributed by atoms with Crippen molar-refractivity contribution in [3.8, 4) is 11.3 Å². The molecule has 1 saturated heterocycles. The molecule has 0 bridgehead atoms. The van der Waals surface area contributed by atoms with Gasteiger partial charge in [0, 0.05) is 31.0 Å². The smallest absolute Gasteiger partial charge is 0.393 e. The lowest BCUT2D eigenvalue weighted by Crippen LogP contribution is -2.36. The lowest BCUT2D eigenvalue weighted by molar-refractivity contribution is -0.137. The maximum Gasteiger partial charge on any atom is 0.416 e. The van der Waals surface area contributed by atoms with Crippen molar-refractivity contribution in [3.63, 3.8) is 0 Å². The number of anilines is 1. The third kappa shape index (κ3) is 3.34. The van der Waals surface area contributed by atoms with Crippen molar-refractivity contribution >= 4 is 11.5 Å². The van der Waals surface area contributed by atoms with Gasteiger partial charge in [-0.3, -0.25) is 4.40 Å². The standard InChI is InChI=1S/C18H16F4N4O/c19-13-8-11(7-12(9-13)18(20,21)22)15-10-24-17-16(23-3-6-26(15)17)25-4-1-14(27)2-5-25/h3,6-10,14,27H,1-2,4-5H2. The Bertz CT molecular complexity index is 977. The highest BCUT2D eigenvalue weighted by atomic mass is 19.4. The number of hydrogen-bond acceptors (Lipinski definition) is 4. The monoisotopic (exact) mass is 380 g/mol. The van der Waals surface area contributed by atoms with Crippen molar-refractivity contribution in [3.05, 3.63) is 48.2 Å². The van der Waals surface area contributed by atoms with Gasteiger partial charge < -0.3 is 10.0 Å². The van der Waals surface area contributed by atoms with Crippen LogP contribution in [-0.4, -0.2) is 38.7 Å². The largest absolute Gasteiger partial charge is 0.416 e. The molecular weight excluding hydrogens is 364 g/mol. The maximum absolute atomic E-state index is 13.8. The Balaban J connectivity index is 1.79. The van der Waals surface area contributed by atoms with E-state index in [1.165, 1.54) is 12.4 Å². The highest BCUT2D eigenvalue weighted by Crippen LogP contribution is 2.34. The molecule has 1 N–H and O–H groups in total. The summed E-state index contributed by atoms with van der Waals surface area (Å²) in [5.41, 5.74) is -0.148. The summed E-state index contributed by atoms with van der Waals surface area (Å²) in [7, 11) is 0. The van der Waals surface area contributed by atoms with E-state index in [1.54, 1.807) is 10.6 Å². The summed E-state index contributed by atoms with van der Waals surface area (Å²) in [5.74, 6) is -0.378. The molecule has 4 rings (SSSR count). The van der Waals surface area contributed by atoms with Crippen LogP contribution < -0.4 is 4.90 Å². The van der Waals surface area contributed by atoms with Crippen LogP contribution in [0.25, 0.3) is 16.9 Å². The second kappa shape index (κ2) is 6.49. The van der Waals surface area contributed by atoms with Gasteiger partial charge in [0.15, 0.2) is 11.5 Å². The molecule has 3 heterocycles. The first-order valence-corrected chi connectivity index (χ1v) is 8.46. The summed E-state index contributed by atoms with van der Waals surface area (Å²) in [6.45, 7) is 1.21. The van der Waals surface area contributed by atoms with E-state index in [9.17, 15) is 22.7 Å². The molecule has 0 amide bonds. The number of hydrogen-bond donors (Lipinski definition) is 1. The fraction of sp³-hybridized carbons (Fsp3) is 0.333. The average molecular weight is 380 g/mol. The van der Waals surface area contributed by atoms with Crippen LogP contribution in [0.4, 0.5) is 23.4 Å². The Hall–Kier alpha value is -2.68. The van der Waals surface area contributed by atoms with Gasteiger partial charge >= 0.3 is 6.18 Å². The van der Waals surface area contributed by atoms with Gasteiger partial charge in [0.05, 0.1) is 23.6 Å². The molecule has 1 fully saturated rings. The highest BCUT2D eigenvalue weighted by Gasteiger charge is 2.32. The third-order valence-corrected chi connectivity index (χ3v) is 4.69. The topological polar surface area (TPSA) is 53.7 Å². The summed E-state index contributed by atoms with van der Waals surface area (Å²) < 4.78 is 54.4. The summed E-state index contributed by atoms with van der Waals surface area (Å²) >= 11 is 0. The van der Waals surface area contributed by atoms with Crippen LogP contribution in [0.2, 0.25) is 0 Å². The zero-order valence-electron chi connectivity index (χ0n) is 14.1. The van der Waals surface area contributed by atoms with E-state index in [0.717, 1.165) is 12.1 Å². The van der Waals surface area contributed by atoms with Gasteiger partial charge in [-0.25, -0.2) is 14.4 Å². The Labute approximate surface area is 151 Å². The minimum absolute atomic E-state index is 0.0843. The average Bonchev–Trinajstić information content (AvgIpc) is 3.05. The number of benzene rings is 1. The van der Waals surface area contributed by atoms with Gasteiger partial charge in [0.25, 0.3) is 0 Å². The second-order valence-corrected chi connectivity index (χ2v) is 6.53. The van der Waals surface area contributed by atoms with E-state index < -0.39 is 17.6 Å². The molecule has 0 unspecified atom stereocenters. The van der Waals surface area contributed by atoms with E-state index in [1.807, 2.05) is 4.90 Å². The van der Waals surface area contributed by atoms with Gasteiger partial charge in [0.2, 0.25) is 0 Å². The molecule has 0 saturated carbocycles. The third-order valence-electron chi connectivity index (χ3n) is 4.69. The van der Waals surface area contributed by atoms with E-state index >= 15 is 0 Å². The number of aliphatic hydroxyl groups is 1. The quantitative estimate of drug-likeness (QED) is 0.692. The van der Waals surface area contributed by atoms with E-state index in [0.29, 0.717) is 49.2 Å². The zero-order valence-corrected chi connectivity index (χ0v) is 14.1. The van der Waals surface area contributed by atoms with Crippen molar-refractivity contribution in [2.24, 2.45) is 0 Å². The number of piperidine rings is 1. The summed E-state index contributed by atoms with van der Waals surface area (Å²) in [6.07, 6.45) is 0.752. The van der Waals surface area contributed by atoms with Crippen molar-refractivity contribution < 1.29 is 22.7 Å². The molecule has 0 atom stereocenters. The molecule has 1 aromatic carbocycles. The lowest BCUT2D eigenvalue weighted by Gasteiger charge is -2.30. The molecule has 142 valence electrons. The molecular formula is C18H16F4N4O. The summed E-state index contributed by atoms with van der Waals surface area (Å²) in [6, 6.07) is 2.43. The number of nitrogens with zero attached hydrogens (tertiary/aromatic N) is 4. The first-order chi connectivity index (χ1) is 12.8. The molecule has 9 heteroatoms. The molecule has 5 nitrogen and oxygen atoms in total.